The quantitative estimate of drug-likeness (QED) is 0.741. The van der Waals surface area contributed by atoms with Crippen molar-refractivity contribution in [3.05, 3.63) is 27.3 Å². The van der Waals surface area contributed by atoms with Crippen LogP contribution in [0.2, 0.25) is 0 Å². The molecule has 114 valence electrons. The molecule has 0 aromatic heterocycles. The summed E-state index contributed by atoms with van der Waals surface area (Å²) in [5.74, 6) is -1.18. The van der Waals surface area contributed by atoms with Gasteiger partial charge in [0.2, 0.25) is 5.91 Å². The van der Waals surface area contributed by atoms with E-state index >= 15 is 0 Å². The summed E-state index contributed by atoms with van der Waals surface area (Å²) < 4.78 is 6.25. The summed E-state index contributed by atoms with van der Waals surface area (Å²) in [6.45, 7) is 2.97. The standard InChI is InChI=1S/C14H17IN2O4/c1-9-6-10(15)2-3-11(9)16-13(18)7-17-4-5-21-8-12(17)14(19)20/h2-3,6,12H,4-5,7-8H2,1H3,(H,16,18)(H,19,20). The monoisotopic (exact) mass is 404 g/mol. The lowest BCUT2D eigenvalue weighted by atomic mass is 10.2. The number of carbonyl (C=O) groups excluding carboxylic acids is 1. The second-order valence-electron chi connectivity index (χ2n) is 4.91. The fraction of sp³-hybridized carbons (Fsp3) is 0.429. The van der Waals surface area contributed by atoms with Crippen LogP contribution in [-0.4, -0.2) is 54.2 Å². The van der Waals surface area contributed by atoms with E-state index in [9.17, 15) is 9.59 Å². The van der Waals surface area contributed by atoms with Gasteiger partial charge in [0.05, 0.1) is 19.8 Å². The van der Waals surface area contributed by atoms with Crippen LogP contribution in [0.25, 0.3) is 0 Å². The number of rotatable bonds is 4. The molecule has 1 unspecified atom stereocenters. The molecule has 0 bridgehead atoms. The van der Waals surface area contributed by atoms with E-state index in [0.29, 0.717) is 13.2 Å². The molecule has 0 saturated carbocycles. The normalized spacial score (nSPS) is 19.2. The van der Waals surface area contributed by atoms with Gasteiger partial charge in [-0.05, 0) is 53.3 Å². The molecule has 1 aliphatic rings. The van der Waals surface area contributed by atoms with Crippen LogP contribution in [0.5, 0.6) is 0 Å². The molecule has 1 aromatic carbocycles. The maximum absolute atomic E-state index is 12.1. The molecule has 1 fully saturated rings. The Labute approximate surface area is 136 Å². The van der Waals surface area contributed by atoms with Gasteiger partial charge in [0.25, 0.3) is 0 Å². The number of carboxylic acids is 1. The summed E-state index contributed by atoms with van der Waals surface area (Å²) in [6, 6.07) is 4.98. The van der Waals surface area contributed by atoms with Crippen LogP contribution < -0.4 is 5.32 Å². The summed E-state index contributed by atoms with van der Waals surface area (Å²) in [7, 11) is 0. The molecule has 0 aliphatic carbocycles. The number of carboxylic acid groups (broad SMARTS) is 1. The smallest absolute Gasteiger partial charge is 0.323 e. The van der Waals surface area contributed by atoms with Crippen LogP contribution in [0.15, 0.2) is 18.2 Å². The zero-order valence-corrected chi connectivity index (χ0v) is 13.8. The molecular weight excluding hydrogens is 387 g/mol. The van der Waals surface area contributed by atoms with E-state index in [1.807, 2.05) is 25.1 Å². The van der Waals surface area contributed by atoms with Crippen LogP contribution in [0.1, 0.15) is 5.56 Å². The van der Waals surface area contributed by atoms with Gasteiger partial charge in [-0.1, -0.05) is 0 Å². The number of hydrogen-bond donors (Lipinski definition) is 2. The van der Waals surface area contributed by atoms with Gasteiger partial charge in [-0.25, -0.2) is 0 Å². The highest BCUT2D eigenvalue weighted by molar-refractivity contribution is 14.1. The van der Waals surface area contributed by atoms with Crippen LogP contribution in [-0.2, 0) is 14.3 Å². The Morgan fingerprint density at radius 3 is 2.95 bits per heavy atom. The Hall–Kier alpha value is -1.19. The lowest BCUT2D eigenvalue weighted by Gasteiger charge is -2.32. The number of amides is 1. The Morgan fingerprint density at radius 2 is 2.29 bits per heavy atom. The largest absolute Gasteiger partial charge is 0.480 e. The molecule has 21 heavy (non-hydrogen) atoms. The van der Waals surface area contributed by atoms with E-state index in [0.717, 1.165) is 14.8 Å². The summed E-state index contributed by atoms with van der Waals surface area (Å²) in [6.07, 6.45) is 0. The average Bonchev–Trinajstić information content (AvgIpc) is 2.42. The fourth-order valence-corrected chi connectivity index (χ4v) is 2.84. The van der Waals surface area contributed by atoms with E-state index in [1.54, 1.807) is 4.90 Å². The van der Waals surface area contributed by atoms with E-state index < -0.39 is 12.0 Å². The Bertz CT molecular complexity index is 550. The number of benzene rings is 1. The molecule has 1 saturated heterocycles. The van der Waals surface area contributed by atoms with Gasteiger partial charge in [0, 0.05) is 15.8 Å². The van der Waals surface area contributed by atoms with E-state index in [-0.39, 0.29) is 19.1 Å². The molecule has 1 amide bonds. The Balaban J connectivity index is 1.98. The zero-order valence-electron chi connectivity index (χ0n) is 11.6. The number of nitrogens with one attached hydrogen (secondary N) is 1. The van der Waals surface area contributed by atoms with Gasteiger partial charge in [0.15, 0.2) is 0 Å². The van der Waals surface area contributed by atoms with Crippen molar-refractivity contribution >= 4 is 40.2 Å². The van der Waals surface area contributed by atoms with Crippen LogP contribution in [0, 0.1) is 10.5 Å². The van der Waals surface area contributed by atoms with Crippen LogP contribution in [0.3, 0.4) is 0 Å². The lowest BCUT2D eigenvalue weighted by molar-refractivity contribution is -0.150. The highest BCUT2D eigenvalue weighted by Crippen LogP contribution is 2.18. The molecule has 2 rings (SSSR count). The maximum Gasteiger partial charge on any atom is 0.323 e. The molecule has 2 N–H and O–H groups in total. The minimum atomic E-state index is -0.965. The van der Waals surface area contributed by atoms with Crippen LogP contribution in [0.4, 0.5) is 5.69 Å². The van der Waals surface area contributed by atoms with Crippen molar-refractivity contribution in [1.29, 1.82) is 0 Å². The van der Waals surface area contributed by atoms with Crippen molar-refractivity contribution < 1.29 is 19.4 Å². The Morgan fingerprint density at radius 1 is 1.52 bits per heavy atom. The third kappa shape index (κ3) is 4.39. The first kappa shape index (κ1) is 16.2. The van der Waals surface area contributed by atoms with Gasteiger partial charge >= 0.3 is 5.97 Å². The second-order valence-corrected chi connectivity index (χ2v) is 6.15. The topological polar surface area (TPSA) is 78.9 Å². The molecule has 1 aromatic rings. The number of carbonyl (C=O) groups is 2. The fourth-order valence-electron chi connectivity index (χ4n) is 2.20. The third-order valence-electron chi connectivity index (χ3n) is 3.33. The molecular formula is C14H17IN2O4. The number of aryl methyl sites for hydroxylation is 1. The van der Waals surface area contributed by atoms with Crippen molar-refractivity contribution in [2.45, 2.75) is 13.0 Å². The van der Waals surface area contributed by atoms with E-state index in [1.165, 1.54) is 0 Å². The first-order valence-electron chi connectivity index (χ1n) is 6.58. The van der Waals surface area contributed by atoms with Gasteiger partial charge in [-0.15, -0.1) is 0 Å². The summed E-state index contributed by atoms with van der Waals surface area (Å²) in [5.41, 5.74) is 1.73. The number of hydrogen-bond acceptors (Lipinski definition) is 4. The molecule has 1 heterocycles. The van der Waals surface area contributed by atoms with E-state index in [4.69, 9.17) is 9.84 Å². The van der Waals surface area contributed by atoms with Crippen molar-refractivity contribution in [2.24, 2.45) is 0 Å². The molecule has 0 spiro atoms. The summed E-state index contributed by atoms with van der Waals surface area (Å²) in [5, 5.41) is 12.0. The van der Waals surface area contributed by atoms with Crippen molar-refractivity contribution in [1.82, 2.24) is 4.90 Å². The number of ether oxygens (including phenoxy) is 1. The van der Waals surface area contributed by atoms with Gasteiger partial charge in [0.1, 0.15) is 6.04 Å². The van der Waals surface area contributed by atoms with Crippen LogP contribution >= 0.6 is 22.6 Å². The zero-order chi connectivity index (χ0) is 15.4. The minimum Gasteiger partial charge on any atom is -0.480 e. The average molecular weight is 404 g/mol. The first-order chi connectivity index (χ1) is 9.97. The predicted molar refractivity (Wildman–Crippen MR) is 86.3 cm³/mol. The number of halogens is 1. The highest BCUT2D eigenvalue weighted by Gasteiger charge is 2.30. The molecule has 0 radical (unpaired) electrons. The first-order valence-corrected chi connectivity index (χ1v) is 7.66. The number of aliphatic carboxylic acids is 1. The lowest BCUT2D eigenvalue weighted by Crippen LogP contribution is -2.52. The molecule has 7 heteroatoms. The molecule has 1 aliphatic heterocycles. The van der Waals surface area contributed by atoms with Gasteiger partial charge in [-0.3, -0.25) is 14.5 Å². The predicted octanol–water partition coefficient (Wildman–Crippen LogP) is 1.32. The minimum absolute atomic E-state index is 0.0474. The van der Waals surface area contributed by atoms with Crippen molar-refractivity contribution in [2.75, 3.05) is 31.6 Å². The Kier molecular flexibility index (Phi) is 5.54. The maximum atomic E-state index is 12.1. The summed E-state index contributed by atoms with van der Waals surface area (Å²) >= 11 is 2.21. The number of morpholine rings is 1. The SMILES string of the molecule is Cc1cc(I)ccc1NC(=O)CN1CCOCC1C(=O)O. The number of nitrogens with zero attached hydrogens (tertiary/aromatic N) is 1. The van der Waals surface area contributed by atoms with Crippen molar-refractivity contribution in [3.63, 3.8) is 0 Å². The van der Waals surface area contributed by atoms with Gasteiger partial charge in [-0.2, -0.15) is 0 Å². The third-order valence-corrected chi connectivity index (χ3v) is 4.00. The molecule has 1 atom stereocenters. The second kappa shape index (κ2) is 7.19. The van der Waals surface area contributed by atoms with E-state index in [2.05, 4.69) is 27.9 Å². The summed E-state index contributed by atoms with van der Waals surface area (Å²) in [4.78, 5) is 24.9. The molecule has 6 nitrogen and oxygen atoms in total. The number of anilines is 1. The van der Waals surface area contributed by atoms with Gasteiger partial charge < -0.3 is 15.2 Å². The highest BCUT2D eigenvalue weighted by atomic mass is 127. The van der Waals surface area contributed by atoms with Crippen molar-refractivity contribution in [3.8, 4) is 0 Å².